The van der Waals surface area contributed by atoms with Crippen LogP contribution in [0.3, 0.4) is 0 Å². The van der Waals surface area contributed by atoms with E-state index in [-0.39, 0.29) is 18.7 Å². The van der Waals surface area contributed by atoms with E-state index in [1.165, 1.54) is 57.4 Å². The maximum absolute atomic E-state index is 12.8. The Balaban J connectivity index is 1.84. The van der Waals surface area contributed by atoms with Crippen LogP contribution >= 0.6 is 15.6 Å². The first-order valence-electron chi connectivity index (χ1n) is 25.3. The van der Waals surface area contributed by atoms with Crippen molar-refractivity contribution in [1.82, 2.24) is 9.55 Å². The summed E-state index contributed by atoms with van der Waals surface area (Å²) in [4.78, 5) is 61.9. The highest BCUT2D eigenvalue weighted by atomic mass is 31.3. The number of nitrogen functional groups attached to an aromatic ring is 1. The van der Waals surface area contributed by atoms with Crippen molar-refractivity contribution in [3.8, 4) is 0 Å². The monoisotopic (exact) mass is 1040 g/mol. The summed E-state index contributed by atoms with van der Waals surface area (Å²) < 4.78 is 56.7. The van der Waals surface area contributed by atoms with Crippen LogP contribution in [0, 0.1) is 5.92 Å². The van der Waals surface area contributed by atoms with E-state index in [9.17, 15) is 48.6 Å². The van der Waals surface area contributed by atoms with Gasteiger partial charge in [-0.2, -0.15) is 9.29 Å². The molecule has 0 aliphatic carbocycles. The molecule has 1 saturated heterocycles. The number of aliphatic hydroxyl groups excluding tert-OH is 3. The third kappa shape index (κ3) is 30.9. The number of nitrogens with two attached hydrogens (primary N) is 1. The topological polar surface area (TPSA) is 286 Å². The lowest BCUT2D eigenvalue weighted by Crippen LogP contribution is -2.36. The molecule has 8 atom stereocenters. The molecule has 1 fully saturated rings. The van der Waals surface area contributed by atoms with Crippen molar-refractivity contribution >= 4 is 33.4 Å². The van der Waals surface area contributed by atoms with Gasteiger partial charge < -0.3 is 45.1 Å². The third-order valence-electron chi connectivity index (χ3n) is 11.1. The molecular formula is C50H83N3O16P2. The normalized spacial score (nSPS) is 20.2. The Kier molecular flexibility index (Phi) is 33.3. The number of unbranched alkanes of at least 4 members (excludes halogenated alkanes) is 12. The smallest absolute Gasteiger partial charge is 0.462 e. The van der Waals surface area contributed by atoms with Crippen LogP contribution in [0.25, 0.3) is 0 Å². The number of phosphoric acid groups is 2. The Morgan fingerprint density at radius 1 is 0.789 bits per heavy atom. The number of nitrogens with zero attached hydrogens (tertiary/aromatic N) is 2. The second-order valence-electron chi connectivity index (χ2n) is 18.0. The Hall–Kier alpha value is -3.58. The van der Waals surface area contributed by atoms with E-state index < -0.39 is 89.8 Å². The highest BCUT2D eigenvalue weighted by molar-refractivity contribution is 7.61. The molecule has 21 heteroatoms. The minimum Gasteiger partial charge on any atom is -0.462 e. The van der Waals surface area contributed by atoms with Gasteiger partial charge in [0.1, 0.15) is 30.7 Å². The molecule has 2 heterocycles. The minimum absolute atomic E-state index is 0.0472. The van der Waals surface area contributed by atoms with Gasteiger partial charge in [-0.15, -0.1) is 0 Å². The number of anilines is 1. The molecule has 404 valence electrons. The lowest BCUT2D eigenvalue weighted by atomic mass is 10.0. The summed E-state index contributed by atoms with van der Waals surface area (Å²) in [5, 5.41) is 30.7. The maximum atomic E-state index is 12.8. The molecule has 3 unspecified atom stereocenters. The van der Waals surface area contributed by atoms with Gasteiger partial charge in [0.25, 0.3) is 0 Å². The standard InChI is InChI=1S/C50H83N3O16P2/c1-4-5-31-41(54)32-27-23-19-15-11-7-9-13-17-21-25-29-34-46(56)67-42(37-64-45(55)33-28-24-20-16-12-8-6-10-14-18-22-26-30-40(2)3)38-65-70(60,61)69-71(62,63)66-39-43-47(57)48(58)49(68-43)53-36-35-44(51)52-50(53)59/h5,7,9,15,17,19,21,23,27,31,35-36,40-43,47-49,54,57-58H,4,6,8,10-14,16,18,20,22,24-26,28-30,32-34,37-39H2,1-3H3,(H,60,61)(H,62,63)(H2,51,52,59)/b9-7-,19-15-,21-17-,27-23+,31-5-/t41?,42-,43-,47-,48-,49-/m1/s1. The third-order valence-corrected chi connectivity index (χ3v) is 13.7. The Labute approximate surface area is 420 Å². The largest absolute Gasteiger partial charge is 0.481 e. The molecule has 0 bridgehead atoms. The summed E-state index contributed by atoms with van der Waals surface area (Å²) in [5.41, 5.74) is 4.58. The summed E-state index contributed by atoms with van der Waals surface area (Å²) in [6, 6.07) is 1.24. The predicted molar refractivity (Wildman–Crippen MR) is 271 cm³/mol. The van der Waals surface area contributed by atoms with Gasteiger partial charge in [0.2, 0.25) is 0 Å². The fraction of sp³-hybridized carbons (Fsp3) is 0.680. The first-order valence-corrected chi connectivity index (χ1v) is 28.3. The number of aromatic nitrogens is 2. The van der Waals surface area contributed by atoms with Crippen LogP contribution in [0.5, 0.6) is 0 Å². The van der Waals surface area contributed by atoms with Gasteiger partial charge in [0.15, 0.2) is 12.3 Å². The number of rotatable bonds is 40. The van der Waals surface area contributed by atoms with Crippen molar-refractivity contribution in [2.45, 2.75) is 192 Å². The highest BCUT2D eigenvalue weighted by Crippen LogP contribution is 2.60. The number of allylic oxidation sites excluding steroid dienone is 8. The number of hydrogen-bond acceptors (Lipinski definition) is 16. The van der Waals surface area contributed by atoms with E-state index in [4.69, 9.17) is 29.0 Å². The Morgan fingerprint density at radius 3 is 2.03 bits per heavy atom. The lowest BCUT2D eigenvalue weighted by Gasteiger charge is -2.21. The van der Waals surface area contributed by atoms with Gasteiger partial charge in [-0.1, -0.05) is 159 Å². The van der Waals surface area contributed by atoms with Crippen molar-refractivity contribution in [2.75, 3.05) is 25.6 Å². The minimum atomic E-state index is -5.45. The van der Waals surface area contributed by atoms with E-state index in [2.05, 4.69) is 23.1 Å². The molecule has 19 nitrogen and oxygen atoms in total. The number of hydrogen-bond donors (Lipinski definition) is 6. The number of aliphatic hydroxyl groups is 3. The van der Waals surface area contributed by atoms with Crippen LogP contribution in [0.15, 0.2) is 77.8 Å². The van der Waals surface area contributed by atoms with E-state index in [0.717, 1.165) is 55.2 Å². The van der Waals surface area contributed by atoms with Gasteiger partial charge in [-0.05, 0) is 56.9 Å². The molecule has 0 spiro atoms. The summed E-state index contributed by atoms with van der Waals surface area (Å²) in [6.45, 7) is 4.16. The SMILES string of the molecule is CC/C=C\C(O)C/C=C/C=C\C/C=C\C/C=C\CCCC(=O)O[C@H](COC(=O)CCCCCCCCCCCCCCC(C)C)COP(=O)(O)OP(=O)(O)OC[C@H]1O[C@@H](n2ccc(N)nc2=O)[C@H](O)[C@@H]1O. The first-order chi connectivity index (χ1) is 33.9. The lowest BCUT2D eigenvalue weighted by molar-refractivity contribution is -0.161. The molecule has 71 heavy (non-hydrogen) atoms. The molecule has 0 radical (unpaired) electrons. The van der Waals surface area contributed by atoms with E-state index in [0.29, 0.717) is 32.1 Å². The number of carbonyl (C=O) groups excluding carboxylic acids is 2. The molecule has 1 aliphatic heterocycles. The average Bonchev–Trinajstić information content (AvgIpc) is 3.59. The van der Waals surface area contributed by atoms with Gasteiger partial charge >= 0.3 is 33.3 Å². The zero-order chi connectivity index (χ0) is 52.3. The number of carbonyl (C=O) groups is 2. The molecule has 1 aromatic rings. The fourth-order valence-electron chi connectivity index (χ4n) is 7.20. The summed E-state index contributed by atoms with van der Waals surface area (Å²) in [6.07, 6.45) is 30.9. The highest BCUT2D eigenvalue weighted by Gasteiger charge is 2.46. The second kappa shape index (κ2) is 37.2. The predicted octanol–water partition coefficient (Wildman–Crippen LogP) is 9.16. The zero-order valence-corrected chi connectivity index (χ0v) is 43.8. The summed E-state index contributed by atoms with van der Waals surface area (Å²) >= 11 is 0. The second-order valence-corrected chi connectivity index (χ2v) is 21.0. The zero-order valence-electron chi connectivity index (χ0n) is 42.0. The Morgan fingerprint density at radius 2 is 1.38 bits per heavy atom. The van der Waals surface area contributed by atoms with Crippen LogP contribution in [0.4, 0.5) is 5.82 Å². The Bertz CT molecular complexity index is 1960. The first kappa shape index (κ1) is 63.5. The molecule has 0 amide bonds. The molecule has 7 N–H and O–H groups in total. The van der Waals surface area contributed by atoms with Crippen molar-refractivity contribution in [2.24, 2.45) is 5.92 Å². The summed E-state index contributed by atoms with van der Waals surface area (Å²) in [7, 11) is -10.9. The van der Waals surface area contributed by atoms with Crippen molar-refractivity contribution in [3.05, 3.63) is 83.5 Å². The van der Waals surface area contributed by atoms with Crippen molar-refractivity contribution < 1.29 is 71.4 Å². The fourth-order valence-corrected chi connectivity index (χ4v) is 9.31. The maximum Gasteiger partial charge on any atom is 0.481 e. The van der Waals surface area contributed by atoms with Gasteiger partial charge in [0, 0.05) is 19.0 Å². The molecule has 0 saturated carbocycles. The molecule has 1 aliphatic rings. The van der Waals surface area contributed by atoms with Gasteiger partial charge in [0.05, 0.1) is 19.3 Å². The van der Waals surface area contributed by atoms with E-state index in [1.807, 2.05) is 61.6 Å². The number of esters is 2. The molecule has 2 rings (SSSR count). The van der Waals surface area contributed by atoms with Gasteiger partial charge in [-0.3, -0.25) is 23.2 Å². The number of phosphoric ester groups is 2. The van der Waals surface area contributed by atoms with Crippen molar-refractivity contribution in [1.29, 1.82) is 0 Å². The van der Waals surface area contributed by atoms with Gasteiger partial charge in [-0.25, -0.2) is 13.9 Å². The molecule has 0 aromatic carbocycles. The molecular weight excluding hydrogens is 961 g/mol. The van der Waals surface area contributed by atoms with E-state index in [1.54, 1.807) is 6.08 Å². The van der Waals surface area contributed by atoms with E-state index >= 15 is 0 Å². The number of ether oxygens (including phenoxy) is 3. The van der Waals surface area contributed by atoms with Crippen LogP contribution < -0.4 is 11.4 Å². The molecule has 1 aromatic heterocycles. The quantitative estimate of drug-likeness (QED) is 0.0117. The van der Waals surface area contributed by atoms with Crippen LogP contribution in [-0.2, 0) is 46.3 Å². The van der Waals surface area contributed by atoms with Crippen LogP contribution in [-0.4, -0.2) is 96.9 Å². The van der Waals surface area contributed by atoms with Crippen molar-refractivity contribution in [3.63, 3.8) is 0 Å². The van der Waals surface area contributed by atoms with Crippen LogP contribution in [0.1, 0.15) is 162 Å². The summed E-state index contributed by atoms with van der Waals surface area (Å²) in [5.74, 6) is -0.624. The van der Waals surface area contributed by atoms with Crippen LogP contribution in [0.2, 0.25) is 0 Å². The average molecular weight is 1040 g/mol.